The molecule has 0 saturated heterocycles. The summed E-state index contributed by atoms with van der Waals surface area (Å²) < 4.78 is 27.5. The number of nitrogens with one attached hydrogen (secondary N) is 1. The van der Waals surface area contributed by atoms with Crippen molar-refractivity contribution in [1.82, 2.24) is 9.88 Å². The summed E-state index contributed by atoms with van der Waals surface area (Å²) in [6.45, 7) is 2.88. The Labute approximate surface area is 187 Å². The van der Waals surface area contributed by atoms with Gasteiger partial charge in [-0.25, -0.2) is 13.2 Å². The Morgan fingerprint density at radius 2 is 1.62 bits per heavy atom. The lowest BCUT2D eigenvalue weighted by Gasteiger charge is -2.12. The summed E-state index contributed by atoms with van der Waals surface area (Å²) in [7, 11) is -3.62. The van der Waals surface area contributed by atoms with Crippen LogP contribution in [0.25, 0.3) is 10.9 Å². The van der Waals surface area contributed by atoms with Crippen molar-refractivity contribution in [2.24, 2.45) is 0 Å². The number of nitrogens with zero attached hydrogens (tertiary/aromatic N) is 1. The average molecular weight is 449 g/mol. The highest BCUT2D eigenvalue weighted by Crippen LogP contribution is 2.25. The number of sulfone groups is 1. The largest absolute Gasteiger partial charge is 0.464 e. The summed E-state index contributed by atoms with van der Waals surface area (Å²) in [5.41, 5.74) is 3.28. The van der Waals surface area contributed by atoms with Gasteiger partial charge in [0.1, 0.15) is 0 Å². The molecule has 0 aliphatic carbocycles. The molecule has 0 bridgehead atoms. The van der Waals surface area contributed by atoms with E-state index in [-0.39, 0.29) is 4.90 Å². The first-order valence-electron chi connectivity index (χ1n) is 10.3. The second kappa shape index (κ2) is 8.98. The number of aromatic nitrogens is 1. The third-order valence-corrected chi connectivity index (χ3v) is 7.35. The van der Waals surface area contributed by atoms with Gasteiger partial charge in [-0.2, -0.15) is 0 Å². The minimum absolute atomic E-state index is 0.275. The van der Waals surface area contributed by atoms with E-state index >= 15 is 0 Å². The van der Waals surface area contributed by atoms with E-state index in [1.165, 1.54) is 4.57 Å². The molecular formula is C25H24N2O4S. The van der Waals surface area contributed by atoms with Crippen LogP contribution in [-0.2, 0) is 22.8 Å². The Morgan fingerprint density at radius 1 is 0.938 bits per heavy atom. The van der Waals surface area contributed by atoms with Crippen LogP contribution < -0.4 is 5.32 Å². The highest BCUT2D eigenvalue weighted by molar-refractivity contribution is 7.91. The van der Waals surface area contributed by atoms with Crippen molar-refractivity contribution < 1.29 is 18.3 Å². The first kappa shape index (κ1) is 21.8. The van der Waals surface area contributed by atoms with Crippen molar-refractivity contribution in [3.8, 4) is 0 Å². The molecule has 7 heteroatoms. The summed E-state index contributed by atoms with van der Waals surface area (Å²) in [5.74, 6) is 0. The fraction of sp³-hybridized carbons (Fsp3) is 0.160. The number of para-hydroxylation sites is 1. The smallest absolute Gasteiger partial charge is 0.416 e. The minimum Gasteiger partial charge on any atom is -0.464 e. The maximum Gasteiger partial charge on any atom is 0.416 e. The predicted molar refractivity (Wildman–Crippen MR) is 124 cm³/mol. The van der Waals surface area contributed by atoms with Crippen LogP contribution >= 0.6 is 0 Å². The van der Waals surface area contributed by atoms with Gasteiger partial charge in [0.2, 0.25) is 9.84 Å². The topological polar surface area (TPSA) is 88.4 Å². The monoisotopic (exact) mass is 448 g/mol. The average Bonchev–Trinajstić information content (AvgIpc) is 3.16. The van der Waals surface area contributed by atoms with E-state index in [1.54, 1.807) is 48.7 Å². The summed E-state index contributed by atoms with van der Waals surface area (Å²) in [6, 6.07) is 21.2. The molecule has 3 aromatic carbocycles. The van der Waals surface area contributed by atoms with Crippen molar-refractivity contribution >= 4 is 26.8 Å². The number of rotatable bonds is 7. The van der Waals surface area contributed by atoms with Gasteiger partial charge in [0, 0.05) is 18.1 Å². The highest BCUT2D eigenvalue weighted by Gasteiger charge is 2.20. The van der Waals surface area contributed by atoms with Gasteiger partial charge >= 0.3 is 6.09 Å². The summed E-state index contributed by atoms with van der Waals surface area (Å²) in [5, 5.41) is 13.6. The van der Waals surface area contributed by atoms with Crippen molar-refractivity contribution in [2.75, 3.05) is 6.54 Å². The Bertz CT molecular complexity index is 1370. The Hall–Kier alpha value is -3.42. The van der Waals surface area contributed by atoms with Crippen molar-refractivity contribution in [3.63, 3.8) is 0 Å². The van der Waals surface area contributed by atoms with E-state index in [0.717, 1.165) is 16.5 Å². The molecule has 4 rings (SSSR count). The Kier molecular flexibility index (Phi) is 6.12. The maximum absolute atomic E-state index is 13.1. The van der Waals surface area contributed by atoms with Crippen LogP contribution in [0.1, 0.15) is 16.7 Å². The number of hydrogen-bond acceptors (Lipinski definition) is 4. The van der Waals surface area contributed by atoms with Crippen molar-refractivity contribution in [3.05, 3.63) is 95.7 Å². The molecule has 6 nitrogen and oxygen atoms in total. The number of aryl methyl sites for hydroxylation is 1. The molecule has 0 atom stereocenters. The number of hydrogen-bond donors (Lipinski definition) is 2. The van der Waals surface area contributed by atoms with Gasteiger partial charge in [-0.15, -0.1) is 0 Å². The van der Waals surface area contributed by atoms with Crippen LogP contribution in [0.15, 0.2) is 88.8 Å². The van der Waals surface area contributed by atoms with E-state index < -0.39 is 15.9 Å². The first-order chi connectivity index (χ1) is 15.4. The van der Waals surface area contributed by atoms with Crippen molar-refractivity contribution in [2.45, 2.75) is 29.7 Å². The Balaban J connectivity index is 1.49. The molecule has 1 aromatic heterocycles. The van der Waals surface area contributed by atoms with E-state index in [9.17, 15) is 18.3 Å². The minimum atomic E-state index is -3.62. The second-order valence-electron chi connectivity index (χ2n) is 7.68. The lowest BCUT2D eigenvalue weighted by Crippen LogP contribution is -2.18. The normalized spacial score (nSPS) is 11.7. The van der Waals surface area contributed by atoms with E-state index in [4.69, 9.17) is 0 Å². The molecule has 2 N–H and O–H groups in total. The molecule has 0 saturated carbocycles. The molecular weight excluding hydrogens is 424 g/mol. The molecule has 0 amide bonds. The molecule has 164 valence electrons. The van der Waals surface area contributed by atoms with E-state index in [0.29, 0.717) is 35.5 Å². The standard InChI is InChI=1S/C25H24N2O4S/c1-18-10-12-21(13-11-18)32(30,31)24-9-5-2-6-19(24)16-26-15-14-20-17-27(25(28)29)23-8-4-3-7-22(20)23/h2-13,17,26H,14-16H2,1H3,(H,28,29). The van der Waals surface area contributed by atoms with Crippen LogP contribution in [0.5, 0.6) is 0 Å². The molecule has 0 radical (unpaired) electrons. The third-order valence-electron chi connectivity index (χ3n) is 5.48. The van der Waals surface area contributed by atoms with Crippen LogP contribution in [0, 0.1) is 6.92 Å². The zero-order chi connectivity index (χ0) is 22.7. The fourth-order valence-corrected chi connectivity index (χ4v) is 5.30. The predicted octanol–water partition coefficient (Wildman–Crippen LogP) is 4.64. The number of carboxylic acid groups (broad SMARTS) is 1. The number of benzene rings is 3. The van der Waals surface area contributed by atoms with Gasteiger partial charge in [-0.3, -0.25) is 4.57 Å². The van der Waals surface area contributed by atoms with Crippen LogP contribution in [0.4, 0.5) is 4.79 Å². The van der Waals surface area contributed by atoms with Crippen LogP contribution in [0.2, 0.25) is 0 Å². The maximum atomic E-state index is 13.1. The van der Waals surface area contributed by atoms with Crippen LogP contribution in [0.3, 0.4) is 0 Å². The zero-order valence-corrected chi connectivity index (χ0v) is 18.5. The third kappa shape index (κ3) is 4.30. The first-order valence-corrected chi connectivity index (χ1v) is 11.8. The van der Waals surface area contributed by atoms with Crippen LogP contribution in [-0.4, -0.2) is 30.7 Å². The molecule has 0 spiro atoms. The van der Waals surface area contributed by atoms with Gasteiger partial charge in [0.05, 0.1) is 15.3 Å². The quantitative estimate of drug-likeness (QED) is 0.402. The van der Waals surface area contributed by atoms with E-state index in [1.807, 2.05) is 37.3 Å². The molecule has 0 aliphatic rings. The lowest BCUT2D eigenvalue weighted by molar-refractivity contribution is 0.197. The molecule has 0 fully saturated rings. The summed E-state index contributed by atoms with van der Waals surface area (Å²) in [6.07, 6.45) is 1.24. The van der Waals surface area contributed by atoms with Crippen molar-refractivity contribution in [1.29, 1.82) is 0 Å². The highest BCUT2D eigenvalue weighted by atomic mass is 32.2. The SMILES string of the molecule is Cc1ccc(S(=O)(=O)c2ccccc2CNCCc2cn(C(=O)O)c3ccccc23)cc1. The lowest BCUT2D eigenvalue weighted by atomic mass is 10.1. The summed E-state index contributed by atoms with van der Waals surface area (Å²) >= 11 is 0. The molecule has 0 aliphatic heterocycles. The summed E-state index contributed by atoms with van der Waals surface area (Å²) in [4.78, 5) is 12.1. The number of carbonyl (C=O) groups is 1. The van der Waals surface area contributed by atoms with E-state index in [2.05, 4.69) is 5.32 Å². The van der Waals surface area contributed by atoms with Gasteiger partial charge in [-0.1, -0.05) is 54.1 Å². The second-order valence-corrected chi connectivity index (χ2v) is 9.59. The van der Waals surface area contributed by atoms with Gasteiger partial charge < -0.3 is 10.4 Å². The molecule has 4 aromatic rings. The fourth-order valence-electron chi connectivity index (χ4n) is 3.81. The Morgan fingerprint density at radius 3 is 2.38 bits per heavy atom. The molecule has 1 heterocycles. The van der Waals surface area contributed by atoms with Gasteiger partial charge in [-0.05, 0) is 55.3 Å². The number of fused-ring (bicyclic) bond motifs is 1. The van der Waals surface area contributed by atoms with Gasteiger partial charge in [0.15, 0.2) is 0 Å². The molecule has 0 unspecified atom stereocenters. The zero-order valence-electron chi connectivity index (χ0n) is 17.7. The van der Waals surface area contributed by atoms with Gasteiger partial charge in [0.25, 0.3) is 0 Å². The molecule has 32 heavy (non-hydrogen) atoms.